The number of aromatic nitrogens is 3. The van der Waals surface area contributed by atoms with Gasteiger partial charge < -0.3 is 16.1 Å². The monoisotopic (exact) mass is 363 g/mol. The molecule has 0 saturated carbocycles. The molecule has 11 heteroatoms. The number of rotatable bonds is 4. The molecule has 1 aliphatic rings. The molecule has 1 aromatic heterocycles. The Bertz CT molecular complexity index is 654. The lowest BCUT2D eigenvalue weighted by molar-refractivity contribution is -0.854. The van der Waals surface area contributed by atoms with E-state index in [4.69, 9.17) is 10.3 Å². The van der Waals surface area contributed by atoms with Crippen molar-refractivity contribution >= 4 is 22.3 Å². The summed E-state index contributed by atoms with van der Waals surface area (Å²) in [7, 11) is -4.70. The van der Waals surface area contributed by atoms with Crippen molar-refractivity contribution < 1.29 is 27.5 Å². The lowest BCUT2D eigenvalue weighted by atomic mass is 10.0. The van der Waals surface area contributed by atoms with Crippen molar-refractivity contribution in [2.75, 3.05) is 17.2 Å². The number of hydrogen-bond acceptors (Lipinski definition) is 8. The second-order valence-electron chi connectivity index (χ2n) is 5.69. The van der Waals surface area contributed by atoms with E-state index in [9.17, 15) is 8.42 Å². The smallest absolute Gasteiger partial charge is 0.474 e. The van der Waals surface area contributed by atoms with Gasteiger partial charge in [-0.2, -0.15) is 8.42 Å². The van der Waals surface area contributed by atoms with Crippen LogP contribution in [0, 0.1) is 0 Å². The molecule has 1 atom stereocenters. The summed E-state index contributed by atoms with van der Waals surface area (Å²) in [6.45, 7) is 4.73. The van der Waals surface area contributed by atoms with Crippen LogP contribution in [0.1, 0.15) is 51.8 Å². The Labute approximate surface area is 141 Å². The quantitative estimate of drug-likeness (QED) is 0.561. The minimum Gasteiger partial charge on any atom is -0.870 e. The zero-order valence-electron chi connectivity index (χ0n) is 13.9. The molecule has 0 radical (unpaired) electrons. The van der Waals surface area contributed by atoms with Crippen molar-refractivity contribution in [1.82, 2.24) is 9.97 Å². The van der Waals surface area contributed by atoms with E-state index >= 15 is 0 Å². The number of nitrogens with two attached hydrogens (primary N) is 1. The maximum Gasteiger partial charge on any atom is 0.474 e. The molecular weight excluding hydrogens is 338 g/mol. The largest absolute Gasteiger partial charge is 0.870 e. The van der Waals surface area contributed by atoms with Gasteiger partial charge in [-0.25, -0.2) is 4.28 Å². The Morgan fingerprint density at radius 1 is 1.33 bits per heavy atom. The summed E-state index contributed by atoms with van der Waals surface area (Å²) in [5.74, 6) is 0.571. The third-order valence-electron chi connectivity index (χ3n) is 3.93. The molecule has 0 bridgehead atoms. The van der Waals surface area contributed by atoms with E-state index in [0.717, 1.165) is 37.0 Å². The maximum atomic E-state index is 10.9. The molecule has 2 heterocycles. The summed E-state index contributed by atoms with van der Waals surface area (Å²) in [6, 6.07) is 0.276. The van der Waals surface area contributed by atoms with E-state index in [2.05, 4.69) is 26.1 Å². The van der Waals surface area contributed by atoms with Crippen LogP contribution in [0.25, 0.3) is 0 Å². The van der Waals surface area contributed by atoms with Crippen LogP contribution in [0.5, 0.6) is 0 Å². The van der Waals surface area contributed by atoms with Gasteiger partial charge >= 0.3 is 22.3 Å². The van der Waals surface area contributed by atoms with E-state index in [-0.39, 0.29) is 23.3 Å². The summed E-state index contributed by atoms with van der Waals surface area (Å²) in [5, 5.41) is 0. The second-order valence-corrected chi connectivity index (χ2v) is 6.70. The van der Waals surface area contributed by atoms with Crippen LogP contribution < -0.4 is 19.6 Å². The molecular formula is C13H25N5O5S. The summed E-state index contributed by atoms with van der Waals surface area (Å²) in [6.07, 6.45) is 6.02. The lowest BCUT2D eigenvalue weighted by Crippen LogP contribution is -2.53. The number of nitrogens with zero attached hydrogens (tertiary/aromatic N) is 4. The Morgan fingerprint density at radius 2 is 2.00 bits per heavy atom. The predicted molar refractivity (Wildman–Crippen MR) is 86.0 cm³/mol. The fourth-order valence-electron chi connectivity index (χ4n) is 2.74. The SMILES string of the molecule is CCc1nc(N2CCCCCCC2C)nc(N)[n+]1OS(=O)(=O)O.[OH-]. The van der Waals surface area contributed by atoms with Gasteiger partial charge in [-0.3, -0.25) is 4.55 Å². The zero-order valence-corrected chi connectivity index (χ0v) is 14.7. The van der Waals surface area contributed by atoms with Crippen LogP contribution in [0.3, 0.4) is 0 Å². The Hall–Kier alpha value is -1.72. The fourth-order valence-corrected chi connectivity index (χ4v) is 3.09. The predicted octanol–water partition coefficient (Wildman–Crippen LogP) is 0.122. The molecule has 1 aromatic rings. The number of anilines is 2. The summed E-state index contributed by atoms with van der Waals surface area (Å²) in [4.78, 5) is 10.6. The van der Waals surface area contributed by atoms with Crippen LogP contribution in [0.4, 0.5) is 11.9 Å². The van der Waals surface area contributed by atoms with Crippen LogP contribution in [-0.4, -0.2) is 41.0 Å². The van der Waals surface area contributed by atoms with Crippen LogP contribution in [-0.2, 0) is 16.8 Å². The minimum absolute atomic E-state index is 0. The highest BCUT2D eigenvalue weighted by atomic mass is 32.3. The van der Waals surface area contributed by atoms with Crippen molar-refractivity contribution in [3.63, 3.8) is 0 Å². The molecule has 1 fully saturated rings. The van der Waals surface area contributed by atoms with Gasteiger partial charge in [-0.15, -0.1) is 0 Å². The zero-order chi connectivity index (χ0) is 17.0. The topological polar surface area (TPSA) is 153 Å². The molecule has 1 saturated heterocycles. The van der Waals surface area contributed by atoms with Gasteiger partial charge in [-0.1, -0.05) is 36.2 Å². The van der Waals surface area contributed by atoms with Crippen LogP contribution in [0.15, 0.2) is 0 Å². The number of aryl methyl sites for hydroxylation is 1. The Kier molecular flexibility index (Phi) is 7.11. The third kappa shape index (κ3) is 5.14. The normalized spacial score (nSPS) is 19.1. The van der Waals surface area contributed by atoms with E-state index in [0.29, 0.717) is 12.4 Å². The number of hydrogen-bond donors (Lipinski definition) is 2. The third-order valence-corrected chi connectivity index (χ3v) is 4.27. The molecule has 1 unspecified atom stereocenters. The van der Waals surface area contributed by atoms with Crippen molar-refractivity contribution in [2.24, 2.45) is 0 Å². The summed E-state index contributed by atoms with van der Waals surface area (Å²) < 4.78 is 35.9. The van der Waals surface area contributed by atoms with Gasteiger partial charge in [0.25, 0.3) is 5.82 Å². The van der Waals surface area contributed by atoms with Crippen LogP contribution in [0.2, 0.25) is 0 Å². The van der Waals surface area contributed by atoms with Gasteiger partial charge in [0.15, 0.2) is 0 Å². The molecule has 0 amide bonds. The molecule has 0 aromatic carbocycles. The van der Waals surface area contributed by atoms with Crippen LogP contribution >= 0.6 is 0 Å². The molecule has 1 aliphatic heterocycles. The van der Waals surface area contributed by atoms with E-state index in [1.54, 1.807) is 6.92 Å². The van der Waals surface area contributed by atoms with E-state index in [1.165, 1.54) is 6.42 Å². The van der Waals surface area contributed by atoms with Crippen molar-refractivity contribution in [1.29, 1.82) is 0 Å². The Morgan fingerprint density at radius 3 is 2.62 bits per heavy atom. The molecule has 0 spiro atoms. The first kappa shape index (κ1) is 20.3. The van der Waals surface area contributed by atoms with Crippen molar-refractivity contribution in [3.05, 3.63) is 5.82 Å². The standard InChI is InChI=1S/C13H23N5O4S.H2O/c1-3-11-15-13(16-12(14)18(11)22-23(19,20)21)17-9-7-5-4-6-8-10(17)2;/h10,14H,3-9H2,1-2H3,(H,19,20,21);1H2. The average Bonchev–Trinajstić information content (AvgIpc) is 2.44. The summed E-state index contributed by atoms with van der Waals surface area (Å²) in [5.41, 5.74) is 5.81. The van der Waals surface area contributed by atoms with E-state index < -0.39 is 10.4 Å². The molecule has 10 nitrogen and oxygen atoms in total. The average molecular weight is 363 g/mol. The van der Waals surface area contributed by atoms with Gasteiger partial charge in [0.2, 0.25) is 0 Å². The fraction of sp³-hybridized carbons (Fsp3) is 0.769. The summed E-state index contributed by atoms with van der Waals surface area (Å²) >= 11 is 0. The molecule has 2 rings (SSSR count). The van der Waals surface area contributed by atoms with Gasteiger partial charge in [0.1, 0.15) is 0 Å². The Balaban J connectivity index is 0.00000288. The highest BCUT2D eigenvalue weighted by Crippen LogP contribution is 2.20. The van der Waals surface area contributed by atoms with Gasteiger partial charge in [0, 0.05) is 19.0 Å². The number of nitrogen functional groups attached to an aromatic ring is 1. The first-order valence-electron chi connectivity index (χ1n) is 7.84. The minimum atomic E-state index is -4.70. The molecule has 0 aliphatic carbocycles. The molecule has 24 heavy (non-hydrogen) atoms. The molecule has 138 valence electrons. The van der Waals surface area contributed by atoms with Gasteiger partial charge in [0.05, 0.1) is 0 Å². The highest BCUT2D eigenvalue weighted by molar-refractivity contribution is 7.80. The van der Waals surface area contributed by atoms with Crippen molar-refractivity contribution in [3.8, 4) is 0 Å². The maximum absolute atomic E-state index is 10.9. The van der Waals surface area contributed by atoms with E-state index in [1.807, 2.05) is 0 Å². The van der Waals surface area contributed by atoms with Gasteiger partial charge in [-0.05, 0) is 24.5 Å². The second kappa shape index (κ2) is 8.40. The lowest BCUT2D eigenvalue weighted by Gasteiger charge is -2.29. The molecule has 4 N–H and O–H groups in total. The van der Waals surface area contributed by atoms with Crippen molar-refractivity contribution in [2.45, 2.75) is 58.4 Å². The highest BCUT2D eigenvalue weighted by Gasteiger charge is 2.28. The first-order chi connectivity index (χ1) is 10.8. The first-order valence-corrected chi connectivity index (χ1v) is 9.20.